The van der Waals surface area contributed by atoms with E-state index in [-0.39, 0.29) is 11.3 Å². The number of rotatable bonds is 3. The summed E-state index contributed by atoms with van der Waals surface area (Å²) in [6, 6.07) is -0.694. The maximum absolute atomic E-state index is 11.2. The molecule has 5 nitrogen and oxygen atoms in total. The molecular weight excluding hydrogens is 196 g/mol. The van der Waals surface area contributed by atoms with Crippen molar-refractivity contribution < 1.29 is 14.7 Å². The molecule has 2 unspecified atom stereocenters. The lowest BCUT2D eigenvalue weighted by atomic mass is 9.97. The van der Waals surface area contributed by atoms with Crippen LogP contribution in [0.1, 0.15) is 32.1 Å². The van der Waals surface area contributed by atoms with Gasteiger partial charge in [-0.25, -0.2) is 4.79 Å². The summed E-state index contributed by atoms with van der Waals surface area (Å²) in [5.74, 6) is -0.417. The summed E-state index contributed by atoms with van der Waals surface area (Å²) >= 11 is 0. The van der Waals surface area contributed by atoms with Gasteiger partial charge in [0.05, 0.1) is 0 Å². The summed E-state index contributed by atoms with van der Waals surface area (Å²) in [4.78, 5) is 21.7. The molecule has 15 heavy (non-hydrogen) atoms. The molecule has 2 fully saturated rings. The number of nitrogens with two attached hydrogens (primary N) is 1. The SMILES string of the molecule is NC(=O)C(NC(=O)O)C1CC12CCCC2. The zero-order chi connectivity index (χ0) is 11.1. The van der Waals surface area contributed by atoms with E-state index in [0.29, 0.717) is 0 Å². The number of carbonyl (C=O) groups is 2. The third-order valence-corrected chi connectivity index (χ3v) is 3.84. The highest BCUT2D eigenvalue weighted by atomic mass is 16.4. The van der Waals surface area contributed by atoms with Crippen molar-refractivity contribution in [1.82, 2.24) is 5.32 Å². The zero-order valence-electron chi connectivity index (χ0n) is 8.53. The highest BCUT2D eigenvalue weighted by Crippen LogP contribution is 2.63. The smallest absolute Gasteiger partial charge is 0.405 e. The van der Waals surface area contributed by atoms with Crippen LogP contribution in [0.25, 0.3) is 0 Å². The lowest BCUT2D eigenvalue weighted by Gasteiger charge is -2.16. The van der Waals surface area contributed by atoms with E-state index in [1.807, 2.05) is 0 Å². The van der Waals surface area contributed by atoms with Crippen molar-refractivity contribution >= 4 is 12.0 Å². The molecule has 5 heteroatoms. The standard InChI is InChI=1S/C10H16N2O3/c11-8(13)7(12-9(14)15)6-5-10(6)3-1-2-4-10/h6-7,12H,1-5H2,(H2,11,13)(H,14,15). The van der Waals surface area contributed by atoms with Gasteiger partial charge >= 0.3 is 6.09 Å². The van der Waals surface area contributed by atoms with Crippen molar-refractivity contribution in [3.05, 3.63) is 0 Å². The molecule has 84 valence electrons. The van der Waals surface area contributed by atoms with Gasteiger partial charge in [0.25, 0.3) is 0 Å². The quantitative estimate of drug-likeness (QED) is 0.642. The average Bonchev–Trinajstić information content (AvgIpc) is 2.58. The normalized spacial score (nSPS) is 28.7. The Bertz CT molecular complexity index is 297. The maximum Gasteiger partial charge on any atom is 0.405 e. The minimum atomic E-state index is -1.17. The van der Waals surface area contributed by atoms with Gasteiger partial charge < -0.3 is 16.2 Å². The van der Waals surface area contributed by atoms with Gasteiger partial charge in [-0.2, -0.15) is 0 Å². The van der Waals surface area contributed by atoms with Crippen molar-refractivity contribution in [3.8, 4) is 0 Å². The number of carbonyl (C=O) groups excluding carboxylic acids is 1. The van der Waals surface area contributed by atoms with Gasteiger partial charge in [-0.05, 0) is 30.6 Å². The van der Waals surface area contributed by atoms with Crippen LogP contribution < -0.4 is 11.1 Å². The number of hydrogen-bond acceptors (Lipinski definition) is 2. The Morgan fingerprint density at radius 1 is 1.40 bits per heavy atom. The Morgan fingerprint density at radius 2 is 2.00 bits per heavy atom. The Kier molecular flexibility index (Phi) is 2.32. The van der Waals surface area contributed by atoms with Crippen LogP contribution in [-0.4, -0.2) is 23.1 Å². The molecule has 0 aliphatic heterocycles. The van der Waals surface area contributed by atoms with Gasteiger partial charge in [-0.1, -0.05) is 12.8 Å². The second kappa shape index (κ2) is 3.40. The van der Waals surface area contributed by atoms with E-state index < -0.39 is 18.0 Å². The molecule has 2 aliphatic carbocycles. The molecule has 0 aromatic carbocycles. The Hall–Kier alpha value is -1.26. The van der Waals surface area contributed by atoms with Crippen molar-refractivity contribution in [2.45, 2.75) is 38.1 Å². The Balaban J connectivity index is 2.01. The molecule has 0 saturated heterocycles. The van der Waals surface area contributed by atoms with Crippen LogP contribution in [0.4, 0.5) is 4.79 Å². The molecule has 2 rings (SSSR count). The van der Waals surface area contributed by atoms with E-state index in [9.17, 15) is 9.59 Å². The first-order chi connectivity index (χ1) is 7.05. The third-order valence-electron chi connectivity index (χ3n) is 3.84. The summed E-state index contributed by atoms with van der Waals surface area (Å²) in [6.07, 6.45) is 4.38. The van der Waals surface area contributed by atoms with Crippen molar-refractivity contribution in [2.75, 3.05) is 0 Å². The number of amides is 2. The fraction of sp³-hybridized carbons (Fsp3) is 0.800. The van der Waals surface area contributed by atoms with Gasteiger partial charge in [-0.3, -0.25) is 4.79 Å². The topological polar surface area (TPSA) is 92.4 Å². The number of hydrogen-bond donors (Lipinski definition) is 3. The second-order valence-electron chi connectivity index (χ2n) is 4.71. The fourth-order valence-electron chi connectivity index (χ4n) is 3.01. The van der Waals surface area contributed by atoms with E-state index >= 15 is 0 Å². The van der Waals surface area contributed by atoms with E-state index in [4.69, 9.17) is 10.8 Å². The summed E-state index contributed by atoms with van der Waals surface area (Å²) in [7, 11) is 0. The van der Waals surface area contributed by atoms with Crippen LogP contribution in [0.5, 0.6) is 0 Å². The van der Waals surface area contributed by atoms with Crippen molar-refractivity contribution in [1.29, 1.82) is 0 Å². The van der Waals surface area contributed by atoms with Gasteiger partial charge in [0, 0.05) is 0 Å². The summed E-state index contributed by atoms with van der Waals surface area (Å²) < 4.78 is 0. The van der Waals surface area contributed by atoms with Crippen LogP contribution in [0.3, 0.4) is 0 Å². The third kappa shape index (κ3) is 1.78. The molecule has 1 spiro atoms. The van der Waals surface area contributed by atoms with Gasteiger partial charge in [-0.15, -0.1) is 0 Å². The predicted molar refractivity (Wildman–Crippen MR) is 53.2 cm³/mol. The molecule has 0 heterocycles. The second-order valence-corrected chi connectivity index (χ2v) is 4.71. The molecule has 0 radical (unpaired) electrons. The summed E-state index contributed by atoms with van der Waals surface area (Å²) in [5.41, 5.74) is 5.44. The minimum Gasteiger partial charge on any atom is -0.465 e. The van der Waals surface area contributed by atoms with Crippen LogP contribution in [-0.2, 0) is 4.79 Å². The molecule has 0 aromatic heterocycles. The molecular formula is C10H16N2O3. The highest BCUT2D eigenvalue weighted by Gasteiger charge is 2.59. The largest absolute Gasteiger partial charge is 0.465 e. The molecule has 4 N–H and O–H groups in total. The average molecular weight is 212 g/mol. The molecule has 0 bridgehead atoms. The van der Waals surface area contributed by atoms with Gasteiger partial charge in [0.1, 0.15) is 6.04 Å². The zero-order valence-corrected chi connectivity index (χ0v) is 8.53. The fourth-order valence-corrected chi connectivity index (χ4v) is 3.01. The monoisotopic (exact) mass is 212 g/mol. The minimum absolute atomic E-state index is 0.133. The van der Waals surface area contributed by atoms with Crippen molar-refractivity contribution in [3.63, 3.8) is 0 Å². The number of primary amides is 1. The van der Waals surface area contributed by atoms with Crippen LogP contribution in [0.15, 0.2) is 0 Å². The van der Waals surface area contributed by atoms with E-state index in [0.717, 1.165) is 19.3 Å². The molecule has 2 amide bonds. The molecule has 2 saturated carbocycles. The Morgan fingerprint density at radius 3 is 2.47 bits per heavy atom. The summed E-state index contributed by atoms with van der Waals surface area (Å²) in [5, 5.41) is 10.9. The van der Waals surface area contributed by atoms with E-state index in [2.05, 4.69) is 5.32 Å². The van der Waals surface area contributed by atoms with E-state index in [1.165, 1.54) is 12.8 Å². The lowest BCUT2D eigenvalue weighted by Crippen LogP contribution is -2.46. The van der Waals surface area contributed by atoms with Crippen LogP contribution >= 0.6 is 0 Å². The highest BCUT2D eigenvalue weighted by molar-refractivity contribution is 5.84. The number of carboxylic acid groups (broad SMARTS) is 1. The summed E-state index contributed by atoms with van der Waals surface area (Å²) in [6.45, 7) is 0. The first-order valence-electron chi connectivity index (χ1n) is 5.34. The van der Waals surface area contributed by atoms with E-state index in [1.54, 1.807) is 0 Å². The lowest BCUT2D eigenvalue weighted by molar-refractivity contribution is -0.120. The van der Waals surface area contributed by atoms with Crippen LogP contribution in [0, 0.1) is 11.3 Å². The van der Waals surface area contributed by atoms with Crippen molar-refractivity contribution in [2.24, 2.45) is 17.1 Å². The number of nitrogens with one attached hydrogen (secondary N) is 1. The maximum atomic E-state index is 11.2. The Labute approximate surface area is 88.0 Å². The van der Waals surface area contributed by atoms with Gasteiger partial charge in [0.15, 0.2) is 0 Å². The van der Waals surface area contributed by atoms with Gasteiger partial charge in [0.2, 0.25) is 5.91 Å². The molecule has 2 aliphatic rings. The van der Waals surface area contributed by atoms with Crippen LogP contribution in [0.2, 0.25) is 0 Å². The molecule has 0 aromatic rings. The predicted octanol–water partition coefficient (Wildman–Crippen LogP) is 0.688. The first-order valence-corrected chi connectivity index (χ1v) is 5.34. The molecule has 2 atom stereocenters. The first kappa shape index (κ1) is 10.3.